The zero-order valence-electron chi connectivity index (χ0n) is 25.5. The number of carbonyl (C=O) groups excluding carboxylic acids is 2. The molecule has 232 valence electrons. The SMILES string of the molecule is C[C@@H]1N=C(N2CCN(C(=O)C(CCCCN3CCCCC3)NC(=O)OC(C)(C)C)C(C(=O)O)C2)O[C@H]1c1ccccc1. The highest BCUT2D eigenvalue weighted by molar-refractivity contribution is 5.90. The van der Waals surface area contributed by atoms with Gasteiger partial charge in [-0.2, -0.15) is 0 Å². The number of piperazine rings is 1. The van der Waals surface area contributed by atoms with Crippen molar-refractivity contribution in [2.45, 2.75) is 96.1 Å². The number of carboxylic acids is 1. The van der Waals surface area contributed by atoms with E-state index in [0.717, 1.165) is 38.0 Å². The number of hydrogen-bond acceptors (Lipinski definition) is 8. The molecule has 0 aromatic heterocycles. The van der Waals surface area contributed by atoms with Crippen molar-refractivity contribution in [3.05, 3.63) is 35.9 Å². The molecule has 2 saturated heterocycles. The molecule has 1 aromatic carbocycles. The number of nitrogens with zero attached hydrogens (tertiary/aromatic N) is 4. The van der Waals surface area contributed by atoms with Crippen molar-refractivity contribution in [3.8, 4) is 0 Å². The highest BCUT2D eigenvalue weighted by Gasteiger charge is 2.42. The first-order valence-corrected chi connectivity index (χ1v) is 15.3. The van der Waals surface area contributed by atoms with E-state index in [9.17, 15) is 19.5 Å². The van der Waals surface area contributed by atoms with Crippen molar-refractivity contribution in [2.24, 2.45) is 4.99 Å². The van der Waals surface area contributed by atoms with Gasteiger partial charge in [0, 0.05) is 13.1 Å². The van der Waals surface area contributed by atoms with Gasteiger partial charge >= 0.3 is 12.1 Å². The standard InChI is InChI=1S/C31H47N5O6/c1-22-26(23-13-7-5-8-14-23)41-29(32-22)35-19-20-36(25(21-35)28(38)39)27(37)24(33-30(40)42-31(2,3)4)15-9-12-18-34-16-10-6-11-17-34/h5,7-8,13-14,22,24-26H,6,9-12,15-21H2,1-4H3,(H,33,40)(H,38,39)/t22-,24?,25?,26+/m0/s1. The average Bonchev–Trinajstić information content (AvgIpc) is 3.35. The third-order valence-electron chi connectivity index (χ3n) is 7.99. The third-order valence-corrected chi connectivity index (χ3v) is 7.99. The van der Waals surface area contributed by atoms with Gasteiger partial charge in [-0.1, -0.05) is 36.8 Å². The minimum absolute atomic E-state index is 0.0439. The van der Waals surface area contributed by atoms with Crippen LogP contribution in [0.4, 0.5) is 4.79 Å². The van der Waals surface area contributed by atoms with Crippen LogP contribution in [0.25, 0.3) is 0 Å². The number of rotatable bonds is 9. The van der Waals surface area contributed by atoms with Crippen LogP contribution in [-0.4, -0.2) is 107 Å². The Hall–Kier alpha value is -3.34. The maximum absolute atomic E-state index is 13.8. The Morgan fingerprint density at radius 1 is 1.07 bits per heavy atom. The van der Waals surface area contributed by atoms with Gasteiger partial charge in [-0.15, -0.1) is 0 Å². The number of amidine groups is 1. The van der Waals surface area contributed by atoms with Crippen molar-refractivity contribution < 1.29 is 29.0 Å². The lowest BCUT2D eigenvalue weighted by Gasteiger charge is -2.41. The molecule has 4 rings (SSSR count). The van der Waals surface area contributed by atoms with Crippen LogP contribution in [0.5, 0.6) is 0 Å². The number of piperidine rings is 1. The van der Waals surface area contributed by atoms with Crippen LogP contribution in [-0.2, 0) is 19.1 Å². The quantitative estimate of drug-likeness (QED) is 0.421. The number of benzene rings is 1. The van der Waals surface area contributed by atoms with Crippen molar-refractivity contribution in [2.75, 3.05) is 39.3 Å². The van der Waals surface area contributed by atoms with Gasteiger partial charge in [-0.05, 0) is 85.0 Å². The van der Waals surface area contributed by atoms with Crippen LogP contribution in [0.3, 0.4) is 0 Å². The van der Waals surface area contributed by atoms with Gasteiger partial charge in [-0.25, -0.2) is 14.6 Å². The van der Waals surface area contributed by atoms with Gasteiger partial charge < -0.3 is 34.6 Å². The molecular formula is C31H47N5O6. The lowest BCUT2D eigenvalue weighted by molar-refractivity contribution is -0.154. The molecule has 1 aromatic rings. The van der Waals surface area contributed by atoms with Crippen molar-refractivity contribution in [3.63, 3.8) is 0 Å². The maximum Gasteiger partial charge on any atom is 0.408 e. The summed E-state index contributed by atoms with van der Waals surface area (Å²) in [5.74, 6) is -1.52. The van der Waals surface area contributed by atoms with Gasteiger partial charge in [0.25, 0.3) is 6.02 Å². The number of aliphatic carboxylic acids is 1. The summed E-state index contributed by atoms with van der Waals surface area (Å²) < 4.78 is 11.6. The minimum Gasteiger partial charge on any atom is -0.480 e. The lowest BCUT2D eigenvalue weighted by Crippen LogP contribution is -2.62. The normalized spacial score (nSPS) is 24.0. The summed E-state index contributed by atoms with van der Waals surface area (Å²) in [4.78, 5) is 49.2. The van der Waals surface area contributed by atoms with E-state index in [1.165, 1.54) is 24.2 Å². The fraction of sp³-hybridized carbons (Fsp3) is 0.677. The number of likely N-dealkylation sites (tertiary alicyclic amines) is 1. The molecule has 0 aliphatic carbocycles. The number of unbranched alkanes of at least 4 members (excludes halogenated alkanes) is 1. The van der Waals surface area contributed by atoms with Gasteiger partial charge in [0.05, 0.1) is 12.6 Å². The summed E-state index contributed by atoms with van der Waals surface area (Å²) in [5.41, 5.74) is 0.279. The Morgan fingerprint density at radius 2 is 1.79 bits per heavy atom. The second-order valence-electron chi connectivity index (χ2n) is 12.5. The number of alkyl carbamates (subject to hydrolysis) is 1. The first-order chi connectivity index (χ1) is 20.0. The van der Waals surface area contributed by atoms with E-state index >= 15 is 0 Å². The average molecular weight is 586 g/mol. The van der Waals surface area contributed by atoms with Crippen LogP contribution < -0.4 is 5.32 Å². The van der Waals surface area contributed by atoms with Gasteiger partial charge in [-0.3, -0.25) is 4.79 Å². The Bertz CT molecular complexity index is 1100. The van der Waals surface area contributed by atoms with E-state index < -0.39 is 35.7 Å². The molecule has 42 heavy (non-hydrogen) atoms. The largest absolute Gasteiger partial charge is 0.480 e. The molecule has 3 aliphatic rings. The second-order valence-corrected chi connectivity index (χ2v) is 12.5. The van der Waals surface area contributed by atoms with E-state index in [-0.39, 0.29) is 25.2 Å². The van der Waals surface area contributed by atoms with Crippen molar-refractivity contribution in [1.29, 1.82) is 0 Å². The topological polar surface area (TPSA) is 124 Å². The minimum atomic E-state index is -1.11. The van der Waals surface area contributed by atoms with E-state index in [4.69, 9.17) is 9.47 Å². The lowest BCUT2D eigenvalue weighted by atomic mass is 10.0. The highest BCUT2D eigenvalue weighted by Crippen LogP contribution is 2.30. The number of carbonyl (C=O) groups is 3. The highest BCUT2D eigenvalue weighted by atomic mass is 16.6. The van der Waals surface area contributed by atoms with Crippen LogP contribution in [0.15, 0.2) is 35.3 Å². The van der Waals surface area contributed by atoms with Gasteiger partial charge in [0.15, 0.2) is 0 Å². The summed E-state index contributed by atoms with van der Waals surface area (Å²) in [6.07, 6.45) is 4.80. The predicted molar refractivity (Wildman–Crippen MR) is 159 cm³/mol. The monoisotopic (exact) mass is 585 g/mol. The molecule has 2 amide bonds. The summed E-state index contributed by atoms with van der Waals surface area (Å²) in [5, 5.41) is 12.9. The first kappa shape index (κ1) is 31.6. The van der Waals surface area contributed by atoms with Crippen LogP contribution in [0, 0.1) is 0 Å². The third kappa shape index (κ3) is 8.59. The molecule has 0 saturated carbocycles. The molecule has 11 nitrogen and oxygen atoms in total. The Kier molecular flexibility index (Phi) is 10.7. The molecule has 3 heterocycles. The molecule has 2 fully saturated rings. The molecule has 2 unspecified atom stereocenters. The molecule has 2 N–H and O–H groups in total. The Labute approximate surface area is 249 Å². The second kappa shape index (κ2) is 14.2. The number of aliphatic imine (C=N–C) groups is 1. The summed E-state index contributed by atoms with van der Waals surface area (Å²) in [6, 6.07) is 8.10. The van der Waals surface area contributed by atoms with Crippen LogP contribution in [0.1, 0.15) is 77.9 Å². The maximum atomic E-state index is 13.8. The number of nitrogens with one attached hydrogen (secondary N) is 1. The zero-order chi connectivity index (χ0) is 30.3. The number of carboxylic acid groups (broad SMARTS) is 1. The summed E-state index contributed by atoms with van der Waals surface area (Å²) in [6.45, 7) is 11.0. The van der Waals surface area contributed by atoms with Gasteiger partial charge in [0.1, 0.15) is 23.8 Å². The number of amides is 2. The molecular weight excluding hydrogens is 538 g/mol. The Morgan fingerprint density at radius 3 is 2.45 bits per heavy atom. The van der Waals surface area contributed by atoms with E-state index in [1.807, 2.05) is 37.3 Å². The number of ether oxygens (including phenoxy) is 2. The van der Waals surface area contributed by atoms with Gasteiger partial charge in [0.2, 0.25) is 5.91 Å². The zero-order valence-corrected chi connectivity index (χ0v) is 25.5. The molecule has 4 atom stereocenters. The van der Waals surface area contributed by atoms with Crippen LogP contribution >= 0.6 is 0 Å². The smallest absolute Gasteiger partial charge is 0.408 e. The molecule has 11 heteroatoms. The predicted octanol–water partition coefficient (Wildman–Crippen LogP) is 3.65. The molecule has 0 spiro atoms. The molecule has 3 aliphatic heterocycles. The molecule has 0 bridgehead atoms. The van der Waals surface area contributed by atoms with Crippen molar-refractivity contribution in [1.82, 2.24) is 20.0 Å². The molecule has 0 radical (unpaired) electrons. The first-order valence-electron chi connectivity index (χ1n) is 15.3. The fourth-order valence-electron chi connectivity index (χ4n) is 5.84. The Balaban J connectivity index is 1.40. The van der Waals surface area contributed by atoms with E-state index in [2.05, 4.69) is 15.2 Å². The fourth-order valence-corrected chi connectivity index (χ4v) is 5.84. The summed E-state index contributed by atoms with van der Waals surface area (Å²) >= 11 is 0. The van der Waals surface area contributed by atoms with Crippen LogP contribution in [0.2, 0.25) is 0 Å². The van der Waals surface area contributed by atoms with E-state index in [1.54, 1.807) is 25.7 Å². The van der Waals surface area contributed by atoms with E-state index in [0.29, 0.717) is 19.0 Å². The number of hydrogen-bond donors (Lipinski definition) is 2. The summed E-state index contributed by atoms with van der Waals surface area (Å²) in [7, 11) is 0. The van der Waals surface area contributed by atoms with Crippen molar-refractivity contribution >= 4 is 24.0 Å².